The standard InChI is InChI=1S/C9H14BrNS2/c10-8-6-9(13-7-8)2-4-11-3-1-5-12/h6-7,11-12H,1-5H2. The normalized spacial score (nSPS) is 10.6. The molecule has 1 N–H and O–H groups in total. The third-order valence-electron chi connectivity index (χ3n) is 1.68. The number of rotatable bonds is 6. The molecule has 0 unspecified atom stereocenters. The Morgan fingerprint density at radius 3 is 2.92 bits per heavy atom. The van der Waals surface area contributed by atoms with Crippen LogP contribution in [0.3, 0.4) is 0 Å². The average Bonchev–Trinajstić information content (AvgIpc) is 2.51. The highest BCUT2D eigenvalue weighted by molar-refractivity contribution is 9.10. The maximum Gasteiger partial charge on any atom is 0.0285 e. The molecule has 74 valence electrons. The predicted octanol–water partition coefficient (Wildman–Crippen LogP) is 2.96. The number of hydrogen-bond donors (Lipinski definition) is 2. The zero-order chi connectivity index (χ0) is 9.52. The van der Waals surface area contributed by atoms with Gasteiger partial charge in [0, 0.05) is 14.7 Å². The van der Waals surface area contributed by atoms with Gasteiger partial charge in [-0.2, -0.15) is 12.6 Å². The third-order valence-corrected chi connectivity index (χ3v) is 3.76. The SMILES string of the molecule is SCCCNCCc1cc(Br)cs1. The van der Waals surface area contributed by atoms with Gasteiger partial charge in [-0.15, -0.1) is 11.3 Å². The molecule has 0 aromatic carbocycles. The molecule has 0 aliphatic carbocycles. The van der Waals surface area contributed by atoms with Crippen molar-refractivity contribution in [3.05, 3.63) is 20.8 Å². The summed E-state index contributed by atoms with van der Waals surface area (Å²) >= 11 is 9.41. The summed E-state index contributed by atoms with van der Waals surface area (Å²) in [5, 5.41) is 5.51. The summed E-state index contributed by atoms with van der Waals surface area (Å²) in [5.41, 5.74) is 0. The van der Waals surface area contributed by atoms with Crippen molar-refractivity contribution < 1.29 is 0 Å². The Morgan fingerprint density at radius 2 is 2.31 bits per heavy atom. The fraction of sp³-hybridized carbons (Fsp3) is 0.556. The molecule has 0 saturated carbocycles. The molecule has 0 fully saturated rings. The van der Waals surface area contributed by atoms with Gasteiger partial charge in [-0.1, -0.05) is 0 Å². The molecule has 0 atom stereocenters. The Hall–Kier alpha value is 0.490. The van der Waals surface area contributed by atoms with E-state index in [4.69, 9.17) is 0 Å². The smallest absolute Gasteiger partial charge is 0.0285 e. The van der Waals surface area contributed by atoms with E-state index in [1.165, 1.54) is 9.35 Å². The topological polar surface area (TPSA) is 12.0 Å². The van der Waals surface area contributed by atoms with E-state index in [0.29, 0.717) is 0 Å². The number of thiol groups is 1. The van der Waals surface area contributed by atoms with Crippen LogP contribution in [0, 0.1) is 0 Å². The second-order valence-electron chi connectivity index (χ2n) is 2.81. The summed E-state index contributed by atoms with van der Waals surface area (Å²) in [7, 11) is 0. The molecule has 1 nitrogen and oxygen atoms in total. The van der Waals surface area contributed by atoms with E-state index in [-0.39, 0.29) is 0 Å². The maximum atomic E-state index is 4.15. The van der Waals surface area contributed by atoms with E-state index in [9.17, 15) is 0 Å². The number of nitrogens with one attached hydrogen (secondary N) is 1. The molecule has 0 spiro atoms. The lowest BCUT2D eigenvalue weighted by Gasteiger charge is -2.00. The molecule has 1 heterocycles. The fourth-order valence-electron chi connectivity index (χ4n) is 1.03. The lowest BCUT2D eigenvalue weighted by molar-refractivity contribution is 0.678. The molecule has 1 rings (SSSR count). The van der Waals surface area contributed by atoms with Crippen LogP contribution in [0.4, 0.5) is 0 Å². The van der Waals surface area contributed by atoms with E-state index in [0.717, 1.165) is 31.7 Å². The minimum Gasteiger partial charge on any atom is -0.316 e. The molecular formula is C9H14BrNS2. The summed E-state index contributed by atoms with van der Waals surface area (Å²) in [6, 6.07) is 2.19. The first-order chi connectivity index (χ1) is 6.33. The highest BCUT2D eigenvalue weighted by Crippen LogP contribution is 2.19. The zero-order valence-electron chi connectivity index (χ0n) is 7.42. The van der Waals surface area contributed by atoms with Crippen LogP contribution >= 0.6 is 39.9 Å². The van der Waals surface area contributed by atoms with E-state index >= 15 is 0 Å². The lowest BCUT2D eigenvalue weighted by atomic mass is 10.3. The minimum absolute atomic E-state index is 0.970. The van der Waals surface area contributed by atoms with Gasteiger partial charge in [0.05, 0.1) is 0 Å². The van der Waals surface area contributed by atoms with Crippen molar-refractivity contribution in [2.75, 3.05) is 18.8 Å². The van der Waals surface area contributed by atoms with Crippen molar-refractivity contribution in [1.82, 2.24) is 5.32 Å². The Labute approximate surface area is 97.5 Å². The van der Waals surface area contributed by atoms with Crippen molar-refractivity contribution in [3.8, 4) is 0 Å². The first-order valence-corrected chi connectivity index (χ1v) is 6.68. The van der Waals surface area contributed by atoms with Crippen LogP contribution in [0.2, 0.25) is 0 Å². The van der Waals surface area contributed by atoms with Gasteiger partial charge in [0.1, 0.15) is 0 Å². The molecule has 0 radical (unpaired) electrons. The van der Waals surface area contributed by atoms with Crippen LogP contribution in [0.1, 0.15) is 11.3 Å². The molecule has 0 amide bonds. The molecule has 0 saturated heterocycles. The van der Waals surface area contributed by atoms with Gasteiger partial charge < -0.3 is 5.32 Å². The van der Waals surface area contributed by atoms with E-state index < -0.39 is 0 Å². The van der Waals surface area contributed by atoms with Crippen molar-refractivity contribution in [2.45, 2.75) is 12.8 Å². The van der Waals surface area contributed by atoms with Gasteiger partial charge in [0.15, 0.2) is 0 Å². The molecule has 0 bridgehead atoms. The monoisotopic (exact) mass is 279 g/mol. The first kappa shape index (κ1) is 11.6. The summed E-state index contributed by atoms with van der Waals surface area (Å²) in [6.45, 7) is 2.15. The summed E-state index contributed by atoms with van der Waals surface area (Å²) in [6.07, 6.45) is 2.28. The first-order valence-electron chi connectivity index (χ1n) is 4.37. The van der Waals surface area contributed by atoms with Gasteiger partial charge in [0.25, 0.3) is 0 Å². The van der Waals surface area contributed by atoms with Crippen LogP contribution in [0.5, 0.6) is 0 Å². The number of thiophene rings is 1. The summed E-state index contributed by atoms with van der Waals surface area (Å²) in [4.78, 5) is 1.44. The van der Waals surface area contributed by atoms with Crippen LogP contribution in [-0.4, -0.2) is 18.8 Å². The summed E-state index contributed by atoms with van der Waals surface area (Å²) in [5.74, 6) is 0.970. The highest BCUT2D eigenvalue weighted by Gasteiger charge is 1.96. The second kappa shape index (κ2) is 6.87. The average molecular weight is 280 g/mol. The molecule has 1 aromatic rings. The summed E-state index contributed by atoms with van der Waals surface area (Å²) < 4.78 is 1.20. The fourth-order valence-corrected chi connectivity index (χ4v) is 2.64. The largest absolute Gasteiger partial charge is 0.316 e. The molecular weight excluding hydrogens is 266 g/mol. The third kappa shape index (κ3) is 5.05. The van der Waals surface area contributed by atoms with E-state index in [1.807, 2.05) is 11.3 Å². The van der Waals surface area contributed by atoms with Crippen molar-refractivity contribution >= 4 is 39.9 Å². The number of halogens is 1. The molecule has 0 aliphatic heterocycles. The predicted molar refractivity (Wildman–Crippen MR) is 67.1 cm³/mol. The van der Waals surface area contributed by atoms with Crippen molar-refractivity contribution in [1.29, 1.82) is 0 Å². The van der Waals surface area contributed by atoms with Crippen LogP contribution < -0.4 is 5.32 Å². The van der Waals surface area contributed by atoms with Crippen LogP contribution in [0.15, 0.2) is 15.9 Å². The van der Waals surface area contributed by atoms with Crippen LogP contribution in [0.25, 0.3) is 0 Å². The van der Waals surface area contributed by atoms with Gasteiger partial charge in [0.2, 0.25) is 0 Å². The van der Waals surface area contributed by atoms with E-state index in [2.05, 4.69) is 45.3 Å². The van der Waals surface area contributed by atoms with Gasteiger partial charge in [-0.25, -0.2) is 0 Å². The van der Waals surface area contributed by atoms with Gasteiger partial charge in [-0.3, -0.25) is 0 Å². The van der Waals surface area contributed by atoms with Crippen molar-refractivity contribution in [3.63, 3.8) is 0 Å². The Bertz CT molecular complexity index is 237. The molecule has 13 heavy (non-hydrogen) atoms. The molecule has 1 aromatic heterocycles. The van der Waals surface area contributed by atoms with Gasteiger partial charge >= 0.3 is 0 Å². The Kier molecular flexibility index (Phi) is 6.11. The Balaban J connectivity index is 2.06. The van der Waals surface area contributed by atoms with Crippen LogP contribution in [-0.2, 0) is 6.42 Å². The molecule has 4 heteroatoms. The number of hydrogen-bond acceptors (Lipinski definition) is 3. The van der Waals surface area contributed by atoms with E-state index in [1.54, 1.807) is 0 Å². The molecule has 0 aliphatic rings. The maximum absolute atomic E-state index is 4.15. The minimum atomic E-state index is 0.970. The van der Waals surface area contributed by atoms with Gasteiger partial charge in [-0.05, 0) is 53.7 Å². The highest BCUT2D eigenvalue weighted by atomic mass is 79.9. The zero-order valence-corrected chi connectivity index (χ0v) is 10.7. The van der Waals surface area contributed by atoms with Crippen molar-refractivity contribution in [2.24, 2.45) is 0 Å². The Morgan fingerprint density at radius 1 is 1.46 bits per heavy atom. The lowest BCUT2D eigenvalue weighted by Crippen LogP contribution is -2.18. The quantitative estimate of drug-likeness (QED) is 0.603. The second-order valence-corrected chi connectivity index (χ2v) is 5.17.